The van der Waals surface area contributed by atoms with E-state index in [1.807, 2.05) is 0 Å². The molecule has 1 saturated heterocycles. The normalized spacial score (nSPS) is 24.8. The summed E-state index contributed by atoms with van der Waals surface area (Å²) in [5.41, 5.74) is 0.674. The second-order valence-corrected chi connectivity index (χ2v) is 6.57. The Morgan fingerprint density at radius 3 is 2.08 bits per heavy atom. The summed E-state index contributed by atoms with van der Waals surface area (Å²) in [6.07, 6.45) is -3.67. The number of benzene rings is 2. The fraction of sp³-hybridized carbons (Fsp3) is 0.263. The standard InChI is InChI=1S/C19H16BrFO5/c20-17-15(21)16(26-19(23)13-9-5-2-6-10-13)14(25-17)11-24-18(22)12-7-3-1-4-8-12/h1-10,14-17H,11H2/t14?,15?,16-,17?/m1/s1. The molecule has 0 saturated carbocycles. The third kappa shape index (κ3) is 4.28. The van der Waals surface area contributed by atoms with E-state index in [2.05, 4.69) is 15.9 Å². The number of hydrogen-bond acceptors (Lipinski definition) is 5. The lowest BCUT2D eigenvalue weighted by Crippen LogP contribution is -2.37. The van der Waals surface area contributed by atoms with Crippen LogP contribution in [0.3, 0.4) is 0 Å². The zero-order chi connectivity index (χ0) is 18.5. The van der Waals surface area contributed by atoms with E-state index in [9.17, 15) is 14.0 Å². The molecule has 0 bridgehead atoms. The fourth-order valence-corrected chi connectivity index (χ4v) is 3.11. The highest BCUT2D eigenvalue weighted by molar-refractivity contribution is 9.09. The van der Waals surface area contributed by atoms with Gasteiger partial charge in [-0.05, 0) is 24.3 Å². The van der Waals surface area contributed by atoms with E-state index < -0.39 is 35.3 Å². The number of rotatable bonds is 5. The summed E-state index contributed by atoms with van der Waals surface area (Å²) < 4.78 is 30.2. The number of alkyl halides is 2. The molecule has 2 aromatic carbocycles. The van der Waals surface area contributed by atoms with E-state index in [1.165, 1.54) is 0 Å². The van der Waals surface area contributed by atoms with Crippen LogP contribution in [0.5, 0.6) is 0 Å². The van der Waals surface area contributed by atoms with Crippen LogP contribution < -0.4 is 0 Å². The number of esters is 2. The number of ether oxygens (including phenoxy) is 3. The lowest BCUT2D eigenvalue weighted by Gasteiger charge is -2.19. The van der Waals surface area contributed by atoms with Crippen molar-refractivity contribution in [2.45, 2.75) is 23.4 Å². The highest BCUT2D eigenvalue weighted by Gasteiger charge is 2.47. The van der Waals surface area contributed by atoms with Gasteiger partial charge in [0, 0.05) is 0 Å². The monoisotopic (exact) mass is 422 g/mol. The first kappa shape index (κ1) is 18.5. The highest BCUT2D eigenvalue weighted by Crippen LogP contribution is 2.31. The first-order valence-electron chi connectivity index (χ1n) is 7.98. The molecule has 0 N–H and O–H groups in total. The molecule has 0 spiro atoms. The summed E-state index contributed by atoms with van der Waals surface area (Å²) in [5.74, 6) is -1.22. The molecule has 136 valence electrons. The number of hydrogen-bond donors (Lipinski definition) is 0. The second kappa shape index (κ2) is 8.42. The van der Waals surface area contributed by atoms with Gasteiger partial charge in [-0.25, -0.2) is 14.0 Å². The van der Waals surface area contributed by atoms with Crippen LogP contribution in [0.4, 0.5) is 4.39 Å². The molecule has 26 heavy (non-hydrogen) atoms. The molecule has 1 aliphatic heterocycles. The van der Waals surface area contributed by atoms with Crippen molar-refractivity contribution >= 4 is 27.9 Å². The van der Waals surface area contributed by atoms with Crippen molar-refractivity contribution in [2.24, 2.45) is 0 Å². The van der Waals surface area contributed by atoms with Gasteiger partial charge in [-0.15, -0.1) is 0 Å². The van der Waals surface area contributed by atoms with Gasteiger partial charge in [0.1, 0.15) is 17.7 Å². The molecule has 3 rings (SSSR count). The van der Waals surface area contributed by atoms with Gasteiger partial charge in [0.15, 0.2) is 12.3 Å². The Morgan fingerprint density at radius 2 is 1.50 bits per heavy atom. The average molecular weight is 423 g/mol. The van der Waals surface area contributed by atoms with Gasteiger partial charge in [0.25, 0.3) is 0 Å². The lowest BCUT2D eigenvalue weighted by molar-refractivity contribution is -0.0342. The van der Waals surface area contributed by atoms with Crippen LogP contribution in [-0.4, -0.2) is 41.9 Å². The minimum atomic E-state index is -1.58. The Labute approximate surface area is 158 Å². The van der Waals surface area contributed by atoms with Gasteiger partial charge >= 0.3 is 11.9 Å². The van der Waals surface area contributed by atoms with Crippen molar-refractivity contribution in [2.75, 3.05) is 6.61 Å². The van der Waals surface area contributed by atoms with E-state index in [1.54, 1.807) is 60.7 Å². The summed E-state index contributed by atoms with van der Waals surface area (Å²) in [6, 6.07) is 16.7. The summed E-state index contributed by atoms with van der Waals surface area (Å²) in [4.78, 5) is 24.2. The maximum Gasteiger partial charge on any atom is 0.338 e. The Hall–Kier alpha value is -2.25. The van der Waals surface area contributed by atoms with E-state index in [4.69, 9.17) is 14.2 Å². The summed E-state index contributed by atoms with van der Waals surface area (Å²) in [5, 5.41) is -0.948. The van der Waals surface area contributed by atoms with Crippen LogP contribution in [0.1, 0.15) is 20.7 Å². The molecular weight excluding hydrogens is 407 g/mol. The predicted octanol–water partition coefficient (Wildman–Crippen LogP) is 3.53. The Balaban J connectivity index is 1.63. The van der Waals surface area contributed by atoms with Crippen LogP contribution in [0.2, 0.25) is 0 Å². The lowest BCUT2D eigenvalue weighted by atomic mass is 10.1. The minimum Gasteiger partial charge on any atom is -0.459 e. The van der Waals surface area contributed by atoms with Crippen molar-refractivity contribution in [3.8, 4) is 0 Å². The van der Waals surface area contributed by atoms with Crippen molar-refractivity contribution < 1.29 is 28.2 Å². The van der Waals surface area contributed by atoms with E-state index in [0.29, 0.717) is 11.1 Å². The first-order chi connectivity index (χ1) is 12.6. The fourth-order valence-electron chi connectivity index (χ4n) is 2.53. The molecule has 3 unspecified atom stereocenters. The molecule has 0 amide bonds. The van der Waals surface area contributed by atoms with Crippen LogP contribution >= 0.6 is 15.9 Å². The van der Waals surface area contributed by atoms with Gasteiger partial charge in [-0.3, -0.25) is 0 Å². The highest BCUT2D eigenvalue weighted by atomic mass is 79.9. The summed E-state index contributed by atoms with van der Waals surface area (Å²) >= 11 is 3.05. The third-order valence-corrected chi connectivity index (χ3v) is 4.60. The van der Waals surface area contributed by atoms with Crippen LogP contribution in [0.25, 0.3) is 0 Å². The predicted molar refractivity (Wildman–Crippen MR) is 94.9 cm³/mol. The minimum absolute atomic E-state index is 0.233. The van der Waals surface area contributed by atoms with Gasteiger partial charge in [-0.1, -0.05) is 52.3 Å². The molecule has 7 heteroatoms. The Morgan fingerprint density at radius 1 is 0.962 bits per heavy atom. The molecular formula is C19H16BrFO5. The quantitative estimate of drug-likeness (QED) is 0.544. The zero-order valence-corrected chi connectivity index (χ0v) is 15.2. The maximum absolute atomic E-state index is 14.4. The van der Waals surface area contributed by atoms with Crippen LogP contribution in [-0.2, 0) is 14.2 Å². The van der Waals surface area contributed by atoms with Crippen molar-refractivity contribution in [1.82, 2.24) is 0 Å². The van der Waals surface area contributed by atoms with Gasteiger partial charge < -0.3 is 14.2 Å². The van der Waals surface area contributed by atoms with E-state index >= 15 is 0 Å². The second-order valence-electron chi connectivity index (χ2n) is 5.67. The van der Waals surface area contributed by atoms with Gasteiger partial charge in [0.05, 0.1) is 11.1 Å². The third-order valence-electron chi connectivity index (χ3n) is 3.88. The van der Waals surface area contributed by atoms with Crippen molar-refractivity contribution in [3.05, 3.63) is 71.8 Å². The number of carbonyl (C=O) groups is 2. The maximum atomic E-state index is 14.4. The zero-order valence-electron chi connectivity index (χ0n) is 13.6. The van der Waals surface area contributed by atoms with Crippen LogP contribution in [0, 0.1) is 0 Å². The topological polar surface area (TPSA) is 61.8 Å². The number of carbonyl (C=O) groups excluding carboxylic acids is 2. The molecule has 0 aromatic heterocycles. The molecule has 2 aromatic rings. The van der Waals surface area contributed by atoms with Gasteiger partial charge in [-0.2, -0.15) is 0 Å². The largest absolute Gasteiger partial charge is 0.459 e. The summed E-state index contributed by atoms with van der Waals surface area (Å²) in [7, 11) is 0. The van der Waals surface area contributed by atoms with E-state index in [-0.39, 0.29) is 6.61 Å². The first-order valence-corrected chi connectivity index (χ1v) is 8.89. The van der Waals surface area contributed by atoms with Crippen LogP contribution in [0.15, 0.2) is 60.7 Å². The molecule has 1 fully saturated rings. The van der Waals surface area contributed by atoms with Crippen molar-refractivity contribution in [1.29, 1.82) is 0 Å². The molecule has 0 aliphatic carbocycles. The molecule has 1 aliphatic rings. The Kier molecular flexibility index (Phi) is 6.00. The summed E-state index contributed by atoms with van der Waals surface area (Å²) in [6.45, 7) is -0.233. The Bertz CT molecular complexity index is 755. The van der Waals surface area contributed by atoms with Gasteiger partial charge in [0.2, 0.25) is 0 Å². The SMILES string of the molecule is O=C(OCC1OC(Br)C(F)[C@@H]1OC(=O)c1ccccc1)c1ccccc1. The molecule has 0 radical (unpaired) electrons. The average Bonchev–Trinajstić information content (AvgIpc) is 2.95. The van der Waals surface area contributed by atoms with Crippen molar-refractivity contribution in [3.63, 3.8) is 0 Å². The molecule has 5 nitrogen and oxygen atoms in total. The number of halogens is 2. The van der Waals surface area contributed by atoms with E-state index in [0.717, 1.165) is 0 Å². The molecule has 4 atom stereocenters. The molecule has 1 heterocycles. The smallest absolute Gasteiger partial charge is 0.338 e.